The first kappa shape index (κ1) is 14.2. The van der Waals surface area contributed by atoms with E-state index in [-0.39, 0.29) is 17.0 Å². The fourth-order valence-corrected chi connectivity index (χ4v) is 1.24. The molecule has 5 nitrogen and oxygen atoms in total. The van der Waals surface area contributed by atoms with E-state index in [0.717, 1.165) is 6.07 Å². The van der Waals surface area contributed by atoms with Crippen LogP contribution in [-0.2, 0) is 11.3 Å². The van der Waals surface area contributed by atoms with Crippen molar-refractivity contribution in [3.05, 3.63) is 33.9 Å². The van der Waals surface area contributed by atoms with Crippen molar-refractivity contribution in [3.63, 3.8) is 0 Å². The Morgan fingerprint density at radius 3 is 2.56 bits per heavy atom. The van der Waals surface area contributed by atoms with Gasteiger partial charge in [0, 0.05) is 0 Å². The fraction of sp³-hybridized carbons (Fsp3) is 0.400. The third-order valence-electron chi connectivity index (χ3n) is 2.01. The topological polar surface area (TPSA) is 61.6 Å². The maximum atomic E-state index is 11.9. The molecule has 0 aliphatic heterocycles. The molecule has 1 aromatic carbocycles. The molecule has 0 heterocycles. The molecule has 0 bridgehead atoms. The summed E-state index contributed by atoms with van der Waals surface area (Å²) < 4.78 is 44.7. The van der Waals surface area contributed by atoms with Crippen LogP contribution in [0.25, 0.3) is 0 Å². The highest BCUT2D eigenvalue weighted by molar-refractivity contribution is 5.45. The van der Waals surface area contributed by atoms with Crippen molar-refractivity contribution < 1.29 is 27.6 Å². The number of nitro benzene ring substituents is 1. The first-order valence-electron chi connectivity index (χ1n) is 4.79. The summed E-state index contributed by atoms with van der Waals surface area (Å²) in [5.41, 5.74) is -0.276. The minimum Gasteiger partial charge on any atom is -0.497 e. The van der Waals surface area contributed by atoms with Crippen molar-refractivity contribution in [1.29, 1.82) is 0 Å². The molecule has 0 radical (unpaired) electrons. The zero-order valence-electron chi connectivity index (χ0n) is 9.36. The van der Waals surface area contributed by atoms with E-state index in [0.29, 0.717) is 0 Å². The van der Waals surface area contributed by atoms with Crippen LogP contribution in [0.2, 0.25) is 0 Å². The Kier molecular flexibility index (Phi) is 4.49. The first-order valence-corrected chi connectivity index (χ1v) is 4.79. The lowest BCUT2D eigenvalue weighted by molar-refractivity contribution is -0.386. The molecule has 0 fully saturated rings. The highest BCUT2D eigenvalue weighted by Gasteiger charge is 2.28. The monoisotopic (exact) mass is 265 g/mol. The second-order valence-electron chi connectivity index (χ2n) is 3.36. The Morgan fingerprint density at radius 1 is 1.39 bits per heavy atom. The Bertz CT molecular complexity index is 434. The molecule has 0 aliphatic carbocycles. The molecule has 8 heteroatoms. The van der Waals surface area contributed by atoms with Crippen LogP contribution in [0.15, 0.2) is 18.2 Å². The van der Waals surface area contributed by atoms with Gasteiger partial charge in [0.25, 0.3) is 5.69 Å². The van der Waals surface area contributed by atoms with Gasteiger partial charge in [-0.1, -0.05) is 0 Å². The number of alkyl halides is 3. The number of halogens is 3. The molecule has 0 aromatic heterocycles. The van der Waals surface area contributed by atoms with E-state index in [9.17, 15) is 23.3 Å². The average Bonchev–Trinajstić information content (AvgIpc) is 2.27. The normalized spacial score (nSPS) is 11.3. The number of rotatable bonds is 5. The fourth-order valence-electron chi connectivity index (χ4n) is 1.24. The summed E-state index contributed by atoms with van der Waals surface area (Å²) in [6.07, 6.45) is -4.46. The summed E-state index contributed by atoms with van der Waals surface area (Å²) in [5.74, 6) is 0.251. The van der Waals surface area contributed by atoms with Crippen LogP contribution in [0.4, 0.5) is 18.9 Å². The van der Waals surface area contributed by atoms with Gasteiger partial charge >= 0.3 is 6.18 Å². The maximum absolute atomic E-state index is 11.9. The number of methoxy groups -OCH3 is 1. The van der Waals surface area contributed by atoms with Crippen LogP contribution < -0.4 is 4.74 Å². The quantitative estimate of drug-likeness (QED) is 0.606. The van der Waals surface area contributed by atoms with Gasteiger partial charge < -0.3 is 9.47 Å². The number of nitro groups is 1. The van der Waals surface area contributed by atoms with E-state index in [1.54, 1.807) is 0 Å². The summed E-state index contributed by atoms with van der Waals surface area (Å²) in [6.45, 7) is -1.93. The van der Waals surface area contributed by atoms with Gasteiger partial charge in [-0.3, -0.25) is 10.1 Å². The van der Waals surface area contributed by atoms with Gasteiger partial charge in [-0.15, -0.1) is 0 Å². The molecule has 18 heavy (non-hydrogen) atoms. The first-order chi connectivity index (χ1) is 8.33. The molecule has 0 N–H and O–H groups in total. The average molecular weight is 265 g/mol. The van der Waals surface area contributed by atoms with Gasteiger partial charge in [0.05, 0.1) is 30.3 Å². The number of hydrogen-bond acceptors (Lipinski definition) is 4. The second-order valence-corrected chi connectivity index (χ2v) is 3.36. The minimum atomic E-state index is -4.46. The third kappa shape index (κ3) is 4.21. The Balaban J connectivity index is 2.79. The molecule has 0 saturated carbocycles. The van der Waals surface area contributed by atoms with Crippen molar-refractivity contribution in [2.75, 3.05) is 13.7 Å². The molecule has 0 atom stereocenters. The van der Waals surface area contributed by atoms with Gasteiger partial charge in [0.2, 0.25) is 0 Å². The summed E-state index contributed by atoms with van der Waals surface area (Å²) >= 11 is 0. The molecule has 100 valence electrons. The minimum absolute atomic E-state index is 0.0602. The van der Waals surface area contributed by atoms with Crippen molar-refractivity contribution in [2.45, 2.75) is 12.8 Å². The molecular formula is C10H10F3NO4. The molecule has 1 aromatic rings. The second kappa shape index (κ2) is 5.67. The van der Waals surface area contributed by atoms with Crippen LogP contribution in [0.5, 0.6) is 5.75 Å². The molecular weight excluding hydrogens is 255 g/mol. The van der Waals surface area contributed by atoms with Crippen LogP contribution in [0.1, 0.15) is 5.56 Å². The van der Waals surface area contributed by atoms with Crippen molar-refractivity contribution >= 4 is 5.69 Å². The molecule has 0 aliphatic rings. The number of benzene rings is 1. The van der Waals surface area contributed by atoms with E-state index < -0.39 is 24.3 Å². The summed E-state index contributed by atoms with van der Waals surface area (Å²) in [6, 6.07) is 3.85. The lowest BCUT2D eigenvalue weighted by atomic mass is 10.2. The van der Waals surface area contributed by atoms with Crippen molar-refractivity contribution in [2.24, 2.45) is 0 Å². The molecule has 0 amide bonds. The maximum Gasteiger partial charge on any atom is 0.411 e. The number of ether oxygens (including phenoxy) is 2. The van der Waals surface area contributed by atoms with E-state index in [1.807, 2.05) is 0 Å². The number of nitrogens with zero attached hydrogens (tertiary/aromatic N) is 1. The Morgan fingerprint density at radius 2 is 2.06 bits per heavy atom. The lowest BCUT2D eigenvalue weighted by Gasteiger charge is -2.08. The predicted molar refractivity (Wildman–Crippen MR) is 55.4 cm³/mol. The van der Waals surface area contributed by atoms with Crippen molar-refractivity contribution in [1.82, 2.24) is 0 Å². The molecule has 0 saturated heterocycles. The van der Waals surface area contributed by atoms with E-state index >= 15 is 0 Å². The van der Waals surface area contributed by atoms with Crippen LogP contribution in [-0.4, -0.2) is 24.8 Å². The zero-order chi connectivity index (χ0) is 13.8. The van der Waals surface area contributed by atoms with Crippen LogP contribution in [0.3, 0.4) is 0 Å². The van der Waals surface area contributed by atoms with Crippen LogP contribution >= 0.6 is 0 Å². The standard InChI is InChI=1S/C10H10F3NO4/c1-17-8-3-2-7(9(4-8)14(15)16)5-18-6-10(11,12)13/h2-4H,5-6H2,1H3. The predicted octanol–water partition coefficient (Wildman–Crippen LogP) is 2.68. The largest absolute Gasteiger partial charge is 0.497 e. The molecule has 0 spiro atoms. The van der Waals surface area contributed by atoms with Crippen LogP contribution in [0, 0.1) is 10.1 Å². The van der Waals surface area contributed by atoms with E-state index in [1.165, 1.54) is 19.2 Å². The van der Waals surface area contributed by atoms with Gasteiger partial charge in [0.1, 0.15) is 12.4 Å². The summed E-state index contributed by atoms with van der Waals surface area (Å²) in [5, 5.41) is 10.7. The van der Waals surface area contributed by atoms with E-state index in [2.05, 4.69) is 4.74 Å². The van der Waals surface area contributed by atoms with E-state index in [4.69, 9.17) is 4.74 Å². The Labute approximate surface area is 100 Å². The van der Waals surface area contributed by atoms with Crippen molar-refractivity contribution in [3.8, 4) is 5.75 Å². The van der Waals surface area contributed by atoms with Gasteiger partial charge in [-0.25, -0.2) is 0 Å². The number of hydrogen-bond donors (Lipinski definition) is 0. The highest BCUT2D eigenvalue weighted by Crippen LogP contribution is 2.25. The highest BCUT2D eigenvalue weighted by atomic mass is 19.4. The van der Waals surface area contributed by atoms with Gasteiger partial charge in [0.15, 0.2) is 0 Å². The Hall–Kier alpha value is -1.83. The summed E-state index contributed by atoms with van der Waals surface area (Å²) in [7, 11) is 1.33. The van der Waals surface area contributed by atoms with Gasteiger partial charge in [-0.05, 0) is 12.1 Å². The SMILES string of the molecule is COc1ccc(COCC(F)(F)F)c([N+](=O)[O-])c1. The summed E-state index contributed by atoms with van der Waals surface area (Å²) in [4.78, 5) is 10.0. The molecule has 0 unspecified atom stereocenters. The van der Waals surface area contributed by atoms with Gasteiger partial charge in [-0.2, -0.15) is 13.2 Å². The smallest absolute Gasteiger partial charge is 0.411 e. The lowest BCUT2D eigenvalue weighted by Crippen LogP contribution is -2.17. The zero-order valence-corrected chi connectivity index (χ0v) is 9.36. The molecule has 1 rings (SSSR count). The third-order valence-corrected chi connectivity index (χ3v) is 2.01.